The van der Waals surface area contributed by atoms with E-state index in [1.807, 2.05) is 19.9 Å². The van der Waals surface area contributed by atoms with E-state index in [0.717, 1.165) is 17.1 Å². The van der Waals surface area contributed by atoms with Crippen molar-refractivity contribution in [1.82, 2.24) is 9.88 Å². The Morgan fingerprint density at radius 2 is 2.11 bits per heavy atom. The van der Waals surface area contributed by atoms with Crippen LogP contribution in [0.15, 0.2) is 6.07 Å². The summed E-state index contributed by atoms with van der Waals surface area (Å²) in [4.78, 5) is 17.7. The number of nitrogens with one attached hydrogen (secondary N) is 1. The SMILES string of the molecule is Cc1cc(NCC(=O)N(C)C)c(C(N)=S)c(C)n1. The molecule has 0 radical (unpaired) electrons. The summed E-state index contributed by atoms with van der Waals surface area (Å²) in [6, 6.07) is 1.84. The number of thiocarbonyl (C=S) groups is 1. The molecule has 0 aliphatic carbocycles. The Morgan fingerprint density at radius 1 is 1.50 bits per heavy atom. The molecule has 1 aromatic heterocycles. The molecule has 1 heterocycles. The lowest BCUT2D eigenvalue weighted by Gasteiger charge is -2.16. The Balaban J connectivity index is 3.00. The van der Waals surface area contributed by atoms with Gasteiger partial charge in [-0.3, -0.25) is 9.78 Å². The Morgan fingerprint density at radius 3 is 2.61 bits per heavy atom. The molecule has 0 saturated heterocycles. The minimum absolute atomic E-state index is 0.0176. The Hall–Kier alpha value is -1.69. The van der Waals surface area contributed by atoms with Gasteiger partial charge >= 0.3 is 0 Å². The molecule has 5 nitrogen and oxygen atoms in total. The number of carbonyl (C=O) groups excluding carboxylic acids is 1. The molecule has 0 fully saturated rings. The first-order valence-electron chi connectivity index (χ1n) is 5.55. The highest BCUT2D eigenvalue weighted by atomic mass is 32.1. The number of hydrogen-bond donors (Lipinski definition) is 2. The van der Waals surface area contributed by atoms with Gasteiger partial charge in [0.1, 0.15) is 4.99 Å². The van der Waals surface area contributed by atoms with Crippen molar-refractivity contribution < 1.29 is 4.79 Å². The number of rotatable bonds is 4. The van der Waals surface area contributed by atoms with Gasteiger partial charge in [-0.05, 0) is 19.9 Å². The van der Waals surface area contributed by atoms with Crippen molar-refractivity contribution in [3.63, 3.8) is 0 Å². The van der Waals surface area contributed by atoms with Gasteiger partial charge in [-0.15, -0.1) is 0 Å². The van der Waals surface area contributed by atoms with Gasteiger partial charge < -0.3 is 16.0 Å². The molecular formula is C12H18N4OS. The van der Waals surface area contributed by atoms with Crippen LogP contribution in [0.5, 0.6) is 0 Å². The number of likely N-dealkylation sites (N-methyl/N-ethyl adjacent to an activating group) is 1. The minimum atomic E-state index is -0.0176. The van der Waals surface area contributed by atoms with E-state index in [0.29, 0.717) is 5.56 Å². The van der Waals surface area contributed by atoms with E-state index in [4.69, 9.17) is 18.0 Å². The third kappa shape index (κ3) is 3.40. The van der Waals surface area contributed by atoms with Gasteiger partial charge in [0.05, 0.1) is 12.1 Å². The monoisotopic (exact) mass is 266 g/mol. The Labute approximate surface area is 112 Å². The van der Waals surface area contributed by atoms with Crippen LogP contribution in [-0.4, -0.2) is 41.4 Å². The van der Waals surface area contributed by atoms with Crippen LogP contribution in [0, 0.1) is 13.8 Å². The number of hydrogen-bond acceptors (Lipinski definition) is 4. The molecule has 98 valence electrons. The number of anilines is 1. The second-order valence-corrected chi connectivity index (χ2v) is 4.72. The number of aromatic nitrogens is 1. The van der Waals surface area contributed by atoms with Crippen molar-refractivity contribution >= 4 is 28.8 Å². The maximum Gasteiger partial charge on any atom is 0.241 e. The molecule has 0 aliphatic rings. The van der Waals surface area contributed by atoms with E-state index in [1.165, 1.54) is 4.90 Å². The first-order valence-corrected chi connectivity index (χ1v) is 5.95. The van der Waals surface area contributed by atoms with Crippen LogP contribution in [0.4, 0.5) is 5.69 Å². The summed E-state index contributed by atoms with van der Waals surface area (Å²) in [5, 5.41) is 3.06. The molecule has 1 amide bonds. The lowest BCUT2D eigenvalue weighted by Crippen LogP contribution is -2.29. The molecule has 1 aromatic rings. The maximum atomic E-state index is 11.6. The largest absolute Gasteiger partial charge is 0.389 e. The number of nitrogens with zero attached hydrogens (tertiary/aromatic N) is 2. The minimum Gasteiger partial charge on any atom is -0.389 e. The van der Waals surface area contributed by atoms with Gasteiger partial charge in [0, 0.05) is 31.2 Å². The zero-order chi connectivity index (χ0) is 13.9. The molecule has 0 atom stereocenters. The third-order valence-corrected chi connectivity index (χ3v) is 2.71. The number of amides is 1. The normalized spacial score (nSPS) is 10.0. The molecule has 18 heavy (non-hydrogen) atoms. The highest BCUT2D eigenvalue weighted by Crippen LogP contribution is 2.19. The van der Waals surface area contributed by atoms with Gasteiger partial charge in [-0.25, -0.2) is 0 Å². The van der Waals surface area contributed by atoms with E-state index in [-0.39, 0.29) is 17.4 Å². The van der Waals surface area contributed by atoms with Crippen molar-refractivity contribution in [2.75, 3.05) is 26.0 Å². The van der Waals surface area contributed by atoms with Crippen molar-refractivity contribution in [1.29, 1.82) is 0 Å². The van der Waals surface area contributed by atoms with Crippen molar-refractivity contribution in [3.8, 4) is 0 Å². The Kier molecular flexibility index (Phi) is 4.61. The second kappa shape index (κ2) is 5.77. The molecular weight excluding hydrogens is 248 g/mol. The lowest BCUT2D eigenvalue weighted by molar-refractivity contribution is -0.126. The predicted octanol–water partition coefficient (Wildman–Crippen LogP) is 0.833. The summed E-state index contributed by atoms with van der Waals surface area (Å²) in [7, 11) is 3.42. The van der Waals surface area contributed by atoms with Gasteiger partial charge in [0.25, 0.3) is 0 Å². The number of aryl methyl sites for hydroxylation is 2. The van der Waals surface area contributed by atoms with E-state index < -0.39 is 0 Å². The summed E-state index contributed by atoms with van der Waals surface area (Å²) in [5.41, 5.74) is 8.76. The van der Waals surface area contributed by atoms with Crippen LogP contribution in [0.25, 0.3) is 0 Å². The third-order valence-electron chi connectivity index (χ3n) is 2.50. The standard InChI is InChI=1S/C12H18N4OS/c1-7-5-9(14-6-10(17)16(3)4)11(12(13)18)8(2)15-7/h5H,6H2,1-4H3,(H2,13,18)(H,14,15). The average molecular weight is 266 g/mol. The van der Waals surface area contributed by atoms with Crippen LogP contribution >= 0.6 is 12.2 Å². The zero-order valence-corrected chi connectivity index (χ0v) is 11.9. The van der Waals surface area contributed by atoms with Gasteiger partial charge in [0.2, 0.25) is 5.91 Å². The Bertz CT molecular complexity index is 485. The molecule has 0 unspecified atom stereocenters. The van der Waals surface area contributed by atoms with E-state index in [9.17, 15) is 4.79 Å². The highest BCUT2D eigenvalue weighted by molar-refractivity contribution is 7.80. The van der Waals surface area contributed by atoms with Crippen LogP contribution < -0.4 is 11.1 Å². The van der Waals surface area contributed by atoms with E-state index >= 15 is 0 Å². The van der Waals surface area contributed by atoms with Crippen LogP contribution in [0.3, 0.4) is 0 Å². The number of pyridine rings is 1. The lowest BCUT2D eigenvalue weighted by atomic mass is 10.1. The summed E-state index contributed by atoms with van der Waals surface area (Å²) in [6.45, 7) is 3.93. The van der Waals surface area contributed by atoms with Crippen LogP contribution in [0.1, 0.15) is 17.0 Å². The predicted molar refractivity (Wildman–Crippen MR) is 76.8 cm³/mol. The summed E-state index contributed by atoms with van der Waals surface area (Å²) in [6.07, 6.45) is 0. The van der Waals surface area contributed by atoms with Crippen LogP contribution in [0.2, 0.25) is 0 Å². The highest BCUT2D eigenvalue weighted by Gasteiger charge is 2.12. The van der Waals surface area contributed by atoms with Crippen molar-refractivity contribution in [2.24, 2.45) is 5.73 Å². The smallest absolute Gasteiger partial charge is 0.241 e. The number of nitrogens with two attached hydrogens (primary N) is 1. The molecule has 0 spiro atoms. The molecule has 0 aromatic carbocycles. The van der Waals surface area contributed by atoms with Gasteiger partial charge in [-0.2, -0.15) is 0 Å². The molecule has 0 saturated carbocycles. The molecule has 0 aliphatic heterocycles. The van der Waals surface area contributed by atoms with Crippen LogP contribution in [-0.2, 0) is 4.79 Å². The molecule has 1 rings (SSSR count). The molecule has 3 N–H and O–H groups in total. The molecule has 0 bridgehead atoms. The summed E-state index contributed by atoms with van der Waals surface area (Å²) < 4.78 is 0. The first kappa shape index (κ1) is 14.4. The topological polar surface area (TPSA) is 71.2 Å². The van der Waals surface area contributed by atoms with Gasteiger partial charge in [-0.1, -0.05) is 12.2 Å². The second-order valence-electron chi connectivity index (χ2n) is 4.28. The summed E-state index contributed by atoms with van der Waals surface area (Å²) in [5.74, 6) is -0.0176. The zero-order valence-electron chi connectivity index (χ0n) is 11.1. The fourth-order valence-corrected chi connectivity index (χ4v) is 1.87. The quantitative estimate of drug-likeness (QED) is 0.790. The van der Waals surface area contributed by atoms with E-state index in [2.05, 4.69) is 10.3 Å². The maximum absolute atomic E-state index is 11.6. The number of carbonyl (C=O) groups is 1. The average Bonchev–Trinajstić information content (AvgIpc) is 2.23. The van der Waals surface area contributed by atoms with E-state index in [1.54, 1.807) is 14.1 Å². The van der Waals surface area contributed by atoms with Crippen molar-refractivity contribution in [3.05, 3.63) is 23.0 Å². The van der Waals surface area contributed by atoms with Crippen molar-refractivity contribution in [2.45, 2.75) is 13.8 Å². The summed E-state index contributed by atoms with van der Waals surface area (Å²) >= 11 is 5.01. The van der Waals surface area contributed by atoms with Gasteiger partial charge in [0.15, 0.2) is 0 Å². The molecule has 6 heteroatoms. The fraction of sp³-hybridized carbons (Fsp3) is 0.417. The fourth-order valence-electron chi connectivity index (χ4n) is 1.61. The first-order chi connectivity index (χ1) is 8.32.